The van der Waals surface area contributed by atoms with E-state index in [4.69, 9.17) is 4.74 Å². The molecular formula is C24H27FN2O2. The van der Waals surface area contributed by atoms with Crippen LogP contribution in [-0.2, 0) is 17.8 Å². The second-order valence-corrected chi connectivity index (χ2v) is 8.04. The normalized spacial score (nSPS) is 14.8. The summed E-state index contributed by atoms with van der Waals surface area (Å²) in [5.74, 6) is 1.16. The molecule has 1 unspecified atom stereocenters. The Balaban J connectivity index is 1.59. The topological polar surface area (TPSA) is 45.3 Å². The van der Waals surface area contributed by atoms with Gasteiger partial charge in [0.15, 0.2) is 0 Å². The van der Waals surface area contributed by atoms with Crippen LogP contribution in [0.1, 0.15) is 36.6 Å². The molecule has 1 aliphatic carbocycles. The van der Waals surface area contributed by atoms with Crippen molar-refractivity contribution in [1.29, 1.82) is 0 Å². The summed E-state index contributed by atoms with van der Waals surface area (Å²) >= 11 is 0. The summed E-state index contributed by atoms with van der Waals surface area (Å²) in [7, 11) is 1.65. The first kappa shape index (κ1) is 19.5. The highest BCUT2D eigenvalue weighted by atomic mass is 19.1. The highest BCUT2D eigenvalue weighted by Gasteiger charge is 2.34. The summed E-state index contributed by atoms with van der Waals surface area (Å²) in [5, 5.41) is 0.791. The smallest absolute Gasteiger partial charge is 0.227 e. The van der Waals surface area contributed by atoms with Gasteiger partial charge >= 0.3 is 0 Å². The van der Waals surface area contributed by atoms with Crippen molar-refractivity contribution in [2.24, 2.45) is 5.92 Å². The molecule has 0 saturated heterocycles. The Hall–Kier alpha value is -2.82. The number of methoxy groups -OCH3 is 1. The van der Waals surface area contributed by atoms with Crippen LogP contribution in [-0.4, -0.2) is 28.9 Å². The number of nitrogens with one attached hydrogen (secondary N) is 1. The molecule has 2 aromatic carbocycles. The molecule has 1 N–H and O–H groups in total. The molecule has 1 aliphatic rings. The lowest BCUT2D eigenvalue weighted by Gasteiger charge is -2.30. The van der Waals surface area contributed by atoms with Crippen molar-refractivity contribution in [2.75, 3.05) is 7.11 Å². The molecule has 0 bridgehead atoms. The zero-order chi connectivity index (χ0) is 20.5. The predicted octanol–water partition coefficient (Wildman–Crippen LogP) is 4.99. The number of aryl methyl sites for hydroxylation is 1. The molecule has 1 aromatic heterocycles. The Kier molecular flexibility index (Phi) is 5.31. The quantitative estimate of drug-likeness (QED) is 0.613. The Labute approximate surface area is 170 Å². The number of H-pyrrole nitrogens is 1. The maximum Gasteiger partial charge on any atom is 0.227 e. The van der Waals surface area contributed by atoms with Gasteiger partial charge in [-0.15, -0.1) is 0 Å². The van der Waals surface area contributed by atoms with Crippen molar-refractivity contribution in [3.05, 3.63) is 65.1 Å². The lowest BCUT2D eigenvalue weighted by Crippen LogP contribution is -2.40. The number of amides is 1. The van der Waals surface area contributed by atoms with E-state index in [1.54, 1.807) is 13.2 Å². The first-order valence-electron chi connectivity index (χ1n) is 10.2. The molecule has 4 rings (SSSR count). The summed E-state index contributed by atoms with van der Waals surface area (Å²) in [4.78, 5) is 18.6. The minimum absolute atomic E-state index is 0.0773. The van der Waals surface area contributed by atoms with Gasteiger partial charge in [-0.2, -0.15) is 0 Å². The number of halogens is 1. The molecule has 0 spiro atoms. The fourth-order valence-corrected chi connectivity index (χ4v) is 4.06. The monoisotopic (exact) mass is 394 g/mol. The van der Waals surface area contributed by atoms with Crippen molar-refractivity contribution in [3.63, 3.8) is 0 Å². The number of benzene rings is 2. The Morgan fingerprint density at radius 3 is 2.62 bits per heavy atom. The average molecular weight is 394 g/mol. The number of hydrogen-bond donors (Lipinski definition) is 1. The summed E-state index contributed by atoms with van der Waals surface area (Å²) in [6.07, 6.45) is 2.61. The van der Waals surface area contributed by atoms with Gasteiger partial charge in [0.2, 0.25) is 5.91 Å². The largest absolute Gasteiger partial charge is 0.497 e. The molecule has 5 heteroatoms. The number of carbonyl (C=O) groups is 1. The van der Waals surface area contributed by atoms with Crippen LogP contribution in [0.5, 0.6) is 5.75 Å². The number of aromatic nitrogens is 1. The van der Waals surface area contributed by atoms with Crippen LogP contribution in [0.4, 0.5) is 4.39 Å². The molecule has 1 fully saturated rings. The van der Waals surface area contributed by atoms with Crippen molar-refractivity contribution < 1.29 is 13.9 Å². The average Bonchev–Trinajstić information content (AvgIpc) is 3.52. The first-order valence-corrected chi connectivity index (χ1v) is 10.2. The Morgan fingerprint density at radius 1 is 1.24 bits per heavy atom. The van der Waals surface area contributed by atoms with Gasteiger partial charge in [0.05, 0.1) is 13.5 Å². The van der Waals surface area contributed by atoms with E-state index in [0.717, 1.165) is 33.5 Å². The van der Waals surface area contributed by atoms with Gasteiger partial charge in [-0.3, -0.25) is 4.79 Å². The SMILES string of the molecule is COc1ccc(CN(C(=O)Cc2c(C)[nH]c3ccc(F)cc23)C(C)C2CC2)cc1. The first-order chi connectivity index (χ1) is 14.0. The number of fused-ring (bicyclic) bond motifs is 1. The van der Waals surface area contributed by atoms with E-state index in [-0.39, 0.29) is 24.2 Å². The molecule has 3 aromatic rings. The van der Waals surface area contributed by atoms with Crippen LogP contribution in [0.3, 0.4) is 0 Å². The third-order valence-electron chi connectivity index (χ3n) is 6.04. The van der Waals surface area contributed by atoms with E-state index in [0.29, 0.717) is 12.5 Å². The number of carbonyl (C=O) groups excluding carboxylic acids is 1. The van der Waals surface area contributed by atoms with Gasteiger partial charge in [-0.05, 0) is 74.1 Å². The second-order valence-electron chi connectivity index (χ2n) is 8.04. The highest BCUT2D eigenvalue weighted by molar-refractivity contribution is 5.90. The Bertz CT molecular complexity index is 1020. The maximum absolute atomic E-state index is 13.8. The molecule has 1 amide bonds. The number of hydrogen-bond acceptors (Lipinski definition) is 2. The van der Waals surface area contributed by atoms with Crippen molar-refractivity contribution in [3.8, 4) is 5.75 Å². The lowest BCUT2D eigenvalue weighted by molar-refractivity contribution is -0.133. The molecule has 1 heterocycles. The van der Waals surface area contributed by atoms with Crippen LogP contribution in [0.15, 0.2) is 42.5 Å². The number of nitrogens with zero attached hydrogens (tertiary/aromatic N) is 1. The molecule has 152 valence electrons. The van der Waals surface area contributed by atoms with E-state index in [1.165, 1.54) is 25.0 Å². The van der Waals surface area contributed by atoms with Crippen molar-refractivity contribution in [2.45, 2.75) is 45.7 Å². The minimum atomic E-state index is -0.286. The van der Waals surface area contributed by atoms with Gasteiger partial charge in [0, 0.05) is 29.2 Å². The Morgan fingerprint density at radius 2 is 1.97 bits per heavy atom. The van der Waals surface area contributed by atoms with Crippen LogP contribution >= 0.6 is 0 Å². The second kappa shape index (κ2) is 7.90. The van der Waals surface area contributed by atoms with E-state index >= 15 is 0 Å². The third kappa shape index (κ3) is 4.14. The number of rotatable bonds is 7. The molecule has 0 radical (unpaired) electrons. The highest BCUT2D eigenvalue weighted by Crippen LogP contribution is 2.36. The van der Waals surface area contributed by atoms with E-state index < -0.39 is 0 Å². The van der Waals surface area contributed by atoms with Crippen LogP contribution in [0, 0.1) is 18.7 Å². The molecule has 29 heavy (non-hydrogen) atoms. The van der Waals surface area contributed by atoms with E-state index in [9.17, 15) is 9.18 Å². The molecule has 1 atom stereocenters. The molecular weight excluding hydrogens is 367 g/mol. The lowest BCUT2D eigenvalue weighted by atomic mass is 10.0. The summed E-state index contributed by atoms with van der Waals surface area (Å²) in [5.41, 5.74) is 3.74. The van der Waals surface area contributed by atoms with Gasteiger partial charge in [0.1, 0.15) is 11.6 Å². The molecule has 0 aliphatic heterocycles. The van der Waals surface area contributed by atoms with Gasteiger partial charge in [-0.25, -0.2) is 4.39 Å². The summed E-state index contributed by atoms with van der Waals surface area (Å²) in [6, 6.07) is 12.7. The van der Waals surface area contributed by atoms with Gasteiger partial charge < -0.3 is 14.6 Å². The molecule has 1 saturated carbocycles. The van der Waals surface area contributed by atoms with Crippen LogP contribution in [0.2, 0.25) is 0 Å². The fraction of sp³-hybridized carbons (Fsp3) is 0.375. The van der Waals surface area contributed by atoms with Crippen molar-refractivity contribution >= 4 is 16.8 Å². The standard InChI is InChI=1S/C24H27FN2O2/c1-15-21(22-12-19(25)8-11-23(22)26-15)13-24(28)27(16(2)18-6-7-18)14-17-4-9-20(29-3)10-5-17/h4-5,8-12,16,18,26H,6-7,13-14H2,1-3H3. The van der Waals surface area contributed by atoms with Gasteiger partial charge in [0.25, 0.3) is 0 Å². The zero-order valence-corrected chi connectivity index (χ0v) is 17.2. The number of aromatic amines is 1. The maximum atomic E-state index is 13.8. The van der Waals surface area contributed by atoms with Crippen LogP contribution in [0.25, 0.3) is 10.9 Å². The van der Waals surface area contributed by atoms with E-state index in [2.05, 4.69) is 11.9 Å². The number of ether oxygens (including phenoxy) is 1. The zero-order valence-electron chi connectivity index (χ0n) is 17.2. The fourth-order valence-electron chi connectivity index (χ4n) is 4.06. The predicted molar refractivity (Wildman–Crippen MR) is 112 cm³/mol. The van der Waals surface area contributed by atoms with Crippen LogP contribution < -0.4 is 4.74 Å². The van der Waals surface area contributed by atoms with Crippen molar-refractivity contribution in [1.82, 2.24) is 9.88 Å². The summed E-state index contributed by atoms with van der Waals surface area (Å²) < 4.78 is 19.0. The minimum Gasteiger partial charge on any atom is -0.497 e. The third-order valence-corrected chi connectivity index (χ3v) is 6.04. The van der Waals surface area contributed by atoms with Gasteiger partial charge in [-0.1, -0.05) is 12.1 Å². The van der Waals surface area contributed by atoms with E-state index in [1.807, 2.05) is 36.1 Å². The summed E-state index contributed by atoms with van der Waals surface area (Å²) in [6.45, 7) is 4.65. The molecule has 4 nitrogen and oxygen atoms in total.